The SMILES string of the molecule is CCn1nc(C)c(Br)c1CSc1ccc(C)c(C(=O)O)c1. The first-order valence-corrected chi connectivity index (χ1v) is 8.40. The number of halogens is 1. The number of aromatic nitrogens is 2. The summed E-state index contributed by atoms with van der Waals surface area (Å²) in [6.07, 6.45) is 0. The molecule has 1 heterocycles. The lowest BCUT2D eigenvalue weighted by molar-refractivity contribution is 0.0696. The number of aryl methyl sites for hydroxylation is 3. The number of hydrogen-bond acceptors (Lipinski definition) is 3. The quantitative estimate of drug-likeness (QED) is 0.800. The van der Waals surface area contributed by atoms with E-state index in [0.717, 1.165) is 38.6 Å². The molecule has 1 N–H and O–H groups in total. The van der Waals surface area contributed by atoms with E-state index in [2.05, 4.69) is 28.0 Å². The molecule has 0 atom stereocenters. The number of hydrogen-bond donors (Lipinski definition) is 1. The third-order valence-corrected chi connectivity index (χ3v) is 5.30. The predicted molar refractivity (Wildman–Crippen MR) is 88.0 cm³/mol. The molecule has 0 fully saturated rings. The Balaban J connectivity index is 2.21. The summed E-state index contributed by atoms with van der Waals surface area (Å²) in [7, 11) is 0. The van der Waals surface area contributed by atoms with Gasteiger partial charge in [0.05, 0.1) is 21.4 Å². The lowest BCUT2D eigenvalue weighted by atomic mass is 10.1. The Morgan fingerprint density at radius 3 is 2.76 bits per heavy atom. The van der Waals surface area contributed by atoms with Crippen molar-refractivity contribution in [3.05, 3.63) is 45.2 Å². The van der Waals surface area contributed by atoms with Crippen LogP contribution in [0.4, 0.5) is 0 Å². The molecule has 0 aliphatic heterocycles. The van der Waals surface area contributed by atoms with Gasteiger partial charge in [0.2, 0.25) is 0 Å². The highest BCUT2D eigenvalue weighted by molar-refractivity contribution is 9.10. The molecule has 4 nitrogen and oxygen atoms in total. The van der Waals surface area contributed by atoms with E-state index in [1.54, 1.807) is 17.8 Å². The van der Waals surface area contributed by atoms with E-state index in [0.29, 0.717) is 5.56 Å². The number of benzene rings is 1. The largest absolute Gasteiger partial charge is 0.478 e. The maximum atomic E-state index is 11.2. The number of carboxylic acids is 1. The Kier molecular flexibility index (Phi) is 5.11. The van der Waals surface area contributed by atoms with E-state index < -0.39 is 5.97 Å². The number of carbonyl (C=O) groups is 1. The molecule has 0 spiro atoms. The van der Waals surface area contributed by atoms with Gasteiger partial charge in [-0.3, -0.25) is 4.68 Å². The van der Waals surface area contributed by atoms with Crippen molar-refractivity contribution in [2.45, 2.75) is 38.0 Å². The van der Waals surface area contributed by atoms with Gasteiger partial charge in [-0.1, -0.05) is 6.07 Å². The molecule has 0 aliphatic rings. The van der Waals surface area contributed by atoms with Gasteiger partial charge in [-0.25, -0.2) is 4.79 Å². The van der Waals surface area contributed by atoms with Crippen LogP contribution in [0.25, 0.3) is 0 Å². The van der Waals surface area contributed by atoms with E-state index >= 15 is 0 Å². The fraction of sp³-hybridized carbons (Fsp3) is 0.333. The zero-order valence-electron chi connectivity index (χ0n) is 12.2. The molecule has 0 unspecified atom stereocenters. The maximum Gasteiger partial charge on any atom is 0.335 e. The molecule has 0 aliphatic carbocycles. The van der Waals surface area contributed by atoms with Crippen LogP contribution >= 0.6 is 27.7 Å². The first kappa shape index (κ1) is 16.1. The van der Waals surface area contributed by atoms with Crippen molar-refractivity contribution in [3.8, 4) is 0 Å². The molecular formula is C15H17BrN2O2S. The molecule has 0 bridgehead atoms. The first-order valence-electron chi connectivity index (χ1n) is 6.62. The highest BCUT2D eigenvalue weighted by Gasteiger charge is 2.13. The van der Waals surface area contributed by atoms with Crippen LogP contribution < -0.4 is 0 Å². The molecule has 1 aromatic heterocycles. The Bertz CT molecular complexity index is 683. The lowest BCUT2D eigenvalue weighted by Gasteiger charge is -2.07. The van der Waals surface area contributed by atoms with Crippen LogP contribution in [0.15, 0.2) is 27.6 Å². The molecule has 112 valence electrons. The number of aromatic carboxylic acids is 1. The Labute approximate surface area is 136 Å². The summed E-state index contributed by atoms with van der Waals surface area (Å²) in [6.45, 7) is 6.65. The molecule has 1 aromatic carbocycles. The second-order valence-electron chi connectivity index (χ2n) is 4.73. The van der Waals surface area contributed by atoms with Gasteiger partial charge in [-0.15, -0.1) is 11.8 Å². The summed E-state index contributed by atoms with van der Waals surface area (Å²) in [5, 5.41) is 13.6. The van der Waals surface area contributed by atoms with Crippen LogP contribution in [0.5, 0.6) is 0 Å². The van der Waals surface area contributed by atoms with Gasteiger partial charge < -0.3 is 5.11 Å². The topological polar surface area (TPSA) is 55.1 Å². The van der Waals surface area contributed by atoms with Crippen molar-refractivity contribution < 1.29 is 9.90 Å². The normalized spacial score (nSPS) is 10.9. The van der Waals surface area contributed by atoms with Gasteiger partial charge in [0, 0.05) is 17.2 Å². The average Bonchev–Trinajstić information content (AvgIpc) is 2.73. The van der Waals surface area contributed by atoms with E-state index in [1.807, 2.05) is 30.7 Å². The molecule has 0 saturated carbocycles. The highest BCUT2D eigenvalue weighted by Crippen LogP contribution is 2.30. The van der Waals surface area contributed by atoms with Gasteiger partial charge in [0.25, 0.3) is 0 Å². The van der Waals surface area contributed by atoms with Crippen molar-refractivity contribution in [2.24, 2.45) is 0 Å². The van der Waals surface area contributed by atoms with Crippen LogP contribution in [-0.4, -0.2) is 20.9 Å². The van der Waals surface area contributed by atoms with E-state index in [1.165, 1.54) is 0 Å². The molecule has 2 rings (SSSR count). The minimum absolute atomic E-state index is 0.360. The Hall–Kier alpha value is -1.27. The molecular weight excluding hydrogens is 352 g/mol. The van der Waals surface area contributed by atoms with E-state index in [-0.39, 0.29) is 0 Å². The number of nitrogens with zero attached hydrogens (tertiary/aromatic N) is 2. The summed E-state index contributed by atoms with van der Waals surface area (Å²) in [6, 6.07) is 5.54. The van der Waals surface area contributed by atoms with Crippen LogP contribution in [0.2, 0.25) is 0 Å². The second kappa shape index (κ2) is 6.66. The van der Waals surface area contributed by atoms with E-state index in [4.69, 9.17) is 0 Å². The van der Waals surface area contributed by atoms with Gasteiger partial charge >= 0.3 is 5.97 Å². The molecule has 0 saturated heterocycles. The van der Waals surface area contributed by atoms with Crippen molar-refractivity contribution >= 4 is 33.7 Å². The Morgan fingerprint density at radius 1 is 1.43 bits per heavy atom. The van der Waals surface area contributed by atoms with Crippen molar-refractivity contribution in [1.82, 2.24) is 9.78 Å². The molecule has 6 heteroatoms. The number of rotatable bonds is 5. The molecule has 2 aromatic rings. The summed E-state index contributed by atoms with van der Waals surface area (Å²) in [4.78, 5) is 12.1. The van der Waals surface area contributed by atoms with Crippen molar-refractivity contribution in [2.75, 3.05) is 0 Å². The summed E-state index contributed by atoms with van der Waals surface area (Å²) >= 11 is 5.19. The summed E-state index contributed by atoms with van der Waals surface area (Å²) in [5.41, 5.74) is 3.24. The third-order valence-electron chi connectivity index (χ3n) is 3.27. The lowest BCUT2D eigenvalue weighted by Crippen LogP contribution is -2.02. The summed E-state index contributed by atoms with van der Waals surface area (Å²) in [5.74, 6) is -0.136. The minimum atomic E-state index is -0.884. The predicted octanol–water partition coefficient (Wildman–Crippen LogP) is 4.27. The van der Waals surface area contributed by atoms with Crippen LogP contribution in [0.1, 0.15) is 34.2 Å². The summed E-state index contributed by atoms with van der Waals surface area (Å²) < 4.78 is 3.00. The molecule has 21 heavy (non-hydrogen) atoms. The van der Waals surface area contributed by atoms with Crippen LogP contribution in [0.3, 0.4) is 0 Å². The second-order valence-corrected chi connectivity index (χ2v) is 6.57. The fourth-order valence-corrected chi connectivity index (χ4v) is 3.65. The highest BCUT2D eigenvalue weighted by atomic mass is 79.9. The Morgan fingerprint density at radius 2 is 2.14 bits per heavy atom. The number of thioether (sulfide) groups is 1. The van der Waals surface area contributed by atoms with Gasteiger partial charge in [0.15, 0.2) is 0 Å². The van der Waals surface area contributed by atoms with Gasteiger partial charge in [0.1, 0.15) is 0 Å². The van der Waals surface area contributed by atoms with Crippen LogP contribution in [-0.2, 0) is 12.3 Å². The minimum Gasteiger partial charge on any atom is -0.478 e. The monoisotopic (exact) mass is 368 g/mol. The van der Waals surface area contributed by atoms with Crippen molar-refractivity contribution in [3.63, 3.8) is 0 Å². The van der Waals surface area contributed by atoms with Crippen LogP contribution in [0, 0.1) is 13.8 Å². The van der Waals surface area contributed by atoms with Gasteiger partial charge in [-0.2, -0.15) is 5.10 Å². The fourth-order valence-electron chi connectivity index (χ4n) is 2.08. The van der Waals surface area contributed by atoms with Crippen molar-refractivity contribution in [1.29, 1.82) is 0 Å². The van der Waals surface area contributed by atoms with E-state index in [9.17, 15) is 9.90 Å². The smallest absolute Gasteiger partial charge is 0.335 e. The third kappa shape index (κ3) is 3.49. The zero-order chi connectivity index (χ0) is 15.6. The zero-order valence-corrected chi connectivity index (χ0v) is 14.6. The maximum absolute atomic E-state index is 11.2. The first-order chi connectivity index (χ1) is 9.93. The van der Waals surface area contributed by atoms with Gasteiger partial charge in [-0.05, 0) is 54.4 Å². The molecule has 0 amide bonds. The standard InChI is InChI=1S/C15H17BrN2O2S/c1-4-18-13(14(16)10(3)17-18)8-21-11-6-5-9(2)12(7-11)15(19)20/h5-7H,4,8H2,1-3H3,(H,19,20). The molecule has 0 radical (unpaired) electrons. The average molecular weight is 369 g/mol. The number of carboxylic acid groups (broad SMARTS) is 1.